The highest BCUT2D eigenvalue weighted by atomic mass is 16.5. The molecule has 0 unspecified atom stereocenters. The molecule has 2 aliphatic carbocycles. The van der Waals surface area contributed by atoms with Crippen LogP contribution in [0, 0.1) is 0 Å². The molecule has 1 N–H and O–H groups in total. The monoisotopic (exact) mass is 240 g/mol. The molecule has 0 bridgehead atoms. The van der Waals surface area contributed by atoms with Gasteiger partial charge in [-0.3, -0.25) is 0 Å². The van der Waals surface area contributed by atoms with Crippen LogP contribution in [-0.2, 0) is 9.53 Å². The van der Waals surface area contributed by atoms with Crippen molar-refractivity contribution in [3.05, 3.63) is 0 Å². The lowest BCUT2D eigenvalue weighted by Gasteiger charge is -2.34. The molecule has 2 saturated carbocycles. The maximum atomic E-state index is 11.6. The summed E-state index contributed by atoms with van der Waals surface area (Å²) in [7, 11) is 0. The smallest absolute Gasteiger partial charge is 0.335 e. The summed E-state index contributed by atoms with van der Waals surface area (Å²) in [4.78, 5) is 11.6. The van der Waals surface area contributed by atoms with Gasteiger partial charge in [-0.15, -0.1) is 0 Å². The Morgan fingerprint density at radius 1 is 0.941 bits per heavy atom. The summed E-state index contributed by atoms with van der Waals surface area (Å²) < 4.78 is 6.06. The minimum absolute atomic E-state index is 0.193. The highest BCUT2D eigenvalue weighted by Gasteiger charge is 2.41. The van der Waals surface area contributed by atoms with E-state index in [9.17, 15) is 9.90 Å². The third-order valence-corrected chi connectivity index (χ3v) is 4.25. The molecule has 3 nitrogen and oxygen atoms in total. The Labute approximate surface area is 104 Å². The van der Waals surface area contributed by atoms with Crippen molar-refractivity contribution in [1.82, 2.24) is 0 Å². The number of hydrogen-bond donors (Lipinski definition) is 1. The van der Waals surface area contributed by atoms with Crippen LogP contribution in [0.25, 0.3) is 0 Å². The number of carbonyl (C=O) groups is 1. The van der Waals surface area contributed by atoms with Gasteiger partial charge in [0.25, 0.3) is 0 Å². The van der Waals surface area contributed by atoms with Crippen molar-refractivity contribution in [1.29, 1.82) is 0 Å². The summed E-state index contributed by atoms with van der Waals surface area (Å²) in [6, 6.07) is 0. The molecule has 2 rings (SSSR count). The summed E-state index contributed by atoms with van der Waals surface area (Å²) in [5.74, 6) is -0.732. The molecule has 2 fully saturated rings. The van der Waals surface area contributed by atoms with Crippen LogP contribution < -0.4 is 0 Å². The van der Waals surface area contributed by atoms with E-state index in [-0.39, 0.29) is 6.10 Å². The Morgan fingerprint density at radius 3 is 2.00 bits per heavy atom. The first-order valence-electron chi connectivity index (χ1n) is 7.14. The van der Waals surface area contributed by atoms with Gasteiger partial charge >= 0.3 is 5.97 Å². The van der Waals surface area contributed by atoms with Crippen LogP contribution in [0.5, 0.6) is 0 Å². The van der Waals surface area contributed by atoms with Gasteiger partial charge in [0, 0.05) is 0 Å². The highest BCUT2D eigenvalue weighted by Crippen LogP contribution is 2.34. The Kier molecular flexibility index (Phi) is 4.43. The van der Waals surface area contributed by atoms with Crippen LogP contribution in [0.15, 0.2) is 0 Å². The number of rotatable bonds is 3. The molecule has 0 saturated heterocycles. The summed E-state index contributed by atoms with van der Waals surface area (Å²) in [6.45, 7) is 0. The topological polar surface area (TPSA) is 46.5 Å². The van der Waals surface area contributed by atoms with Gasteiger partial charge in [0.1, 0.15) is 0 Å². The Balaban J connectivity index is 2.01. The fourth-order valence-corrected chi connectivity index (χ4v) is 3.18. The number of carboxylic acid groups (broad SMARTS) is 1. The van der Waals surface area contributed by atoms with Crippen LogP contribution in [-0.4, -0.2) is 22.8 Å². The molecule has 0 aliphatic heterocycles. The second kappa shape index (κ2) is 5.85. The number of carboxylic acids is 1. The van der Waals surface area contributed by atoms with Crippen molar-refractivity contribution < 1.29 is 14.6 Å². The van der Waals surface area contributed by atoms with E-state index < -0.39 is 11.6 Å². The largest absolute Gasteiger partial charge is 0.479 e. The maximum absolute atomic E-state index is 11.6. The third-order valence-electron chi connectivity index (χ3n) is 4.25. The zero-order chi connectivity index (χ0) is 12.1. The number of ether oxygens (including phenoxy) is 1. The van der Waals surface area contributed by atoms with E-state index in [1.807, 2.05) is 0 Å². The summed E-state index contributed by atoms with van der Waals surface area (Å²) in [6.07, 6.45) is 11.7. The van der Waals surface area contributed by atoms with Crippen molar-refractivity contribution in [3.8, 4) is 0 Å². The second-order valence-corrected chi connectivity index (χ2v) is 5.59. The highest BCUT2D eigenvalue weighted by molar-refractivity contribution is 5.77. The average molecular weight is 240 g/mol. The third kappa shape index (κ3) is 3.21. The molecule has 98 valence electrons. The molecule has 17 heavy (non-hydrogen) atoms. The van der Waals surface area contributed by atoms with Crippen molar-refractivity contribution >= 4 is 5.97 Å². The fourth-order valence-electron chi connectivity index (χ4n) is 3.18. The normalized spacial score (nSPS) is 26.4. The Morgan fingerprint density at radius 2 is 1.47 bits per heavy atom. The Hall–Kier alpha value is -0.570. The van der Waals surface area contributed by atoms with Gasteiger partial charge in [-0.05, 0) is 38.5 Å². The van der Waals surface area contributed by atoms with Crippen LogP contribution in [0.3, 0.4) is 0 Å². The van der Waals surface area contributed by atoms with Gasteiger partial charge in [-0.2, -0.15) is 0 Å². The van der Waals surface area contributed by atoms with Gasteiger partial charge in [0.2, 0.25) is 0 Å². The first kappa shape index (κ1) is 12.9. The zero-order valence-electron chi connectivity index (χ0n) is 10.6. The SMILES string of the molecule is O=C(O)C1(OC2CCCCC2)CCCCCC1. The van der Waals surface area contributed by atoms with Crippen molar-refractivity contribution in [2.24, 2.45) is 0 Å². The minimum atomic E-state index is -0.863. The lowest BCUT2D eigenvalue weighted by molar-refractivity contribution is -0.179. The van der Waals surface area contributed by atoms with E-state index in [2.05, 4.69) is 0 Å². The van der Waals surface area contributed by atoms with E-state index in [1.165, 1.54) is 19.3 Å². The van der Waals surface area contributed by atoms with Crippen molar-refractivity contribution in [3.63, 3.8) is 0 Å². The molecule has 3 heteroatoms. The minimum Gasteiger partial charge on any atom is -0.479 e. The molecule has 0 heterocycles. The van der Waals surface area contributed by atoms with Gasteiger partial charge in [-0.25, -0.2) is 4.79 Å². The van der Waals surface area contributed by atoms with Gasteiger partial charge < -0.3 is 9.84 Å². The van der Waals surface area contributed by atoms with Crippen LogP contribution >= 0.6 is 0 Å². The second-order valence-electron chi connectivity index (χ2n) is 5.59. The molecule has 0 aromatic heterocycles. The number of hydrogen-bond acceptors (Lipinski definition) is 2. The predicted octanol–water partition coefficient (Wildman–Crippen LogP) is 3.51. The molecular formula is C14H24O3. The molecule has 0 atom stereocenters. The molecule has 0 spiro atoms. The zero-order valence-corrected chi connectivity index (χ0v) is 10.6. The van der Waals surface area contributed by atoms with Crippen LogP contribution in [0.1, 0.15) is 70.6 Å². The van der Waals surface area contributed by atoms with Crippen molar-refractivity contribution in [2.75, 3.05) is 0 Å². The lowest BCUT2D eigenvalue weighted by Crippen LogP contribution is -2.44. The van der Waals surface area contributed by atoms with Gasteiger partial charge in [0.15, 0.2) is 5.60 Å². The van der Waals surface area contributed by atoms with Crippen molar-refractivity contribution in [2.45, 2.75) is 82.3 Å². The van der Waals surface area contributed by atoms with E-state index in [1.54, 1.807) is 0 Å². The molecule has 0 aromatic carbocycles. The van der Waals surface area contributed by atoms with Crippen LogP contribution in [0.4, 0.5) is 0 Å². The summed E-state index contributed by atoms with van der Waals surface area (Å²) >= 11 is 0. The first-order valence-corrected chi connectivity index (χ1v) is 7.14. The summed E-state index contributed by atoms with van der Waals surface area (Å²) in [5, 5.41) is 9.52. The molecule has 0 amide bonds. The lowest BCUT2D eigenvalue weighted by atomic mass is 9.91. The van der Waals surface area contributed by atoms with Crippen LogP contribution in [0.2, 0.25) is 0 Å². The van der Waals surface area contributed by atoms with E-state index >= 15 is 0 Å². The van der Waals surface area contributed by atoms with Gasteiger partial charge in [-0.1, -0.05) is 32.1 Å². The molecule has 0 radical (unpaired) electrons. The van der Waals surface area contributed by atoms with E-state index in [4.69, 9.17) is 4.74 Å². The fraction of sp³-hybridized carbons (Fsp3) is 0.929. The average Bonchev–Trinajstić information content (AvgIpc) is 2.57. The molecule has 0 aromatic rings. The Bertz CT molecular complexity index is 248. The first-order chi connectivity index (χ1) is 8.23. The molecule has 2 aliphatic rings. The number of aliphatic carboxylic acids is 1. The van der Waals surface area contributed by atoms with Gasteiger partial charge in [0.05, 0.1) is 6.10 Å². The molecular weight excluding hydrogens is 216 g/mol. The maximum Gasteiger partial charge on any atom is 0.335 e. The quantitative estimate of drug-likeness (QED) is 0.768. The predicted molar refractivity (Wildman–Crippen MR) is 66.0 cm³/mol. The van der Waals surface area contributed by atoms with E-state index in [0.29, 0.717) is 12.8 Å². The van der Waals surface area contributed by atoms with E-state index in [0.717, 1.165) is 38.5 Å². The summed E-state index contributed by atoms with van der Waals surface area (Å²) in [5.41, 5.74) is -0.863. The standard InChI is InChI=1S/C14H24O3/c15-13(16)14(10-6-1-2-7-11-14)17-12-8-4-3-5-9-12/h12H,1-11H2,(H,15,16).